The maximum atomic E-state index is 10.4. The Labute approximate surface area is 75.3 Å². The number of rotatable bonds is 3. The molecule has 68 valence electrons. The van der Waals surface area contributed by atoms with Gasteiger partial charge < -0.3 is 4.79 Å². The smallest absolute Gasteiger partial charge is 0.269 e. The number of hydrogen-bond acceptors (Lipinski definition) is 3. The molecule has 0 aliphatic carbocycles. The molecule has 0 N–H and O–H groups in total. The minimum Gasteiger partial charge on any atom is -0.303 e. The molecule has 1 aromatic rings. The molecule has 0 fully saturated rings. The second-order valence-electron chi connectivity index (χ2n) is 2.78. The second kappa shape index (κ2) is 3.80. The quantitative estimate of drug-likeness (QED) is 0.404. The maximum absolute atomic E-state index is 10.4. The molecule has 1 rings (SSSR count). The van der Waals surface area contributed by atoms with Gasteiger partial charge in [-0.05, 0) is 5.56 Å². The van der Waals surface area contributed by atoms with Crippen LogP contribution >= 0.6 is 0 Å². The first kappa shape index (κ1) is 9.38. The Balaban J connectivity index is 3.04. The summed E-state index contributed by atoms with van der Waals surface area (Å²) in [6, 6.07) is 6.10. The van der Waals surface area contributed by atoms with Crippen LogP contribution < -0.4 is 0 Å². The van der Waals surface area contributed by atoms with E-state index in [4.69, 9.17) is 0 Å². The second-order valence-corrected chi connectivity index (χ2v) is 2.78. The molecule has 0 saturated heterocycles. The summed E-state index contributed by atoms with van der Waals surface area (Å²) >= 11 is 0. The lowest BCUT2D eigenvalue weighted by molar-refractivity contribution is -0.384. The van der Waals surface area contributed by atoms with Crippen molar-refractivity contribution in [1.82, 2.24) is 0 Å². The van der Waals surface area contributed by atoms with E-state index >= 15 is 0 Å². The lowest BCUT2D eigenvalue weighted by Crippen LogP contribution is -1.95. The minimum absolute atomic E-state index is 0.0196. The summed E-state index contributed by atoms with van der Waals surface area (Å²) in [5, 5.41) is 10.4. The molecular weight excluding hydrogens is 170 g/mol. The molecule has 0 spiro atoms. The van der Waals surface area contributed by atoms with E-state index in [1.165, 1.54) is 12.1 Å². The fraction of sp³-hybridized carbons (Fsp3) is 0.222. The van der Waals surface area contributed by atoms with Gasteiger partial charge in [-0.2, -0.15) is 0 Å². The van der Waals surface area contributed by atoms with Crippen LogP contribution in [0.4, 0.5) is 5.69 Å². The van der Waals surface area contributed by atoms with Crippen molar-refractivity contribution in [3.63, 3.8) is 0 Å². The van der Waals surface area contributed by atoms with Gasteiger partial charge in [0.05, 0.1) is 4.92 Å². The average Bonchev–Trinajstić information content (AvgIpc) is 2.17. The van der Waals surface area contributed by atoms with Crippen molar-refractivity contribution in [3.8, 4) is 0 Å². The molecule has 0 aliphatic rings. The van der Waals surface area contributed by atoms with Crippen LogP contribution in [0.2, 0.25) is 0 Å². The van der Waals surface area contributed by atoms with E-state index in [1.807, 2.05) is 0 Å². The van der Waals surface area contributed by atoms with Gasteiger partial charge in [0.25, 0.3) is 5.69 Å². The van der Waals surface area contributed by atoms with E-state index in [1.54, 1.807) is 19.1 Å². The lowest BCUT2D eigenvalue weighted by atomic mass is 10.0. The number of non-ortho nitro benzene ring substituents is 1. The standard InChI is InChI=1S/C9H9NO3/c1-7(6-11)8-3-2-4-9(5-8)10(12)13/h2-7H,1H3. The van der Waals surface area contributed by atoms with E-state index in [9.17, 15) is 14.9 Å². The average molecular weight is 179 g/mol. The normalized spacial score (nSPS) is 12.1. The first-order valence-electron chi connectivity index (χ1n) is 3.85. The third kappa shape index (κ3) is 2.11. The first-order chi connectivity index (χ1) is 6.15. The highest BCUT2D eigenvalue weighted by atomic mass is 16.6. The zero-order valence-corrected chi connectivity index (χ0v) is 7.14. The van der Waals surface area contributed by atoms with Crippen molar-refractivity contribution in [2.75, 3.05) is 0 Å². The molecule has 1 unspecified atom stereocenters. The van der Waals surface area contributed by atoms with Gasteiger partial charge in [0.1, 0.15) is 6.29 Å². The van der Waals surface area contributed by atoms with Crippen LogP contribution in [0.5, 0.6) is 0 Å². The largest absolute Gasteiger partial charge is 0.303 e. The molecule has 1 atom stereocenters. The summed E-state index contributed by atoms with van der Waals surface area (Å²) < 4.78 is 0. The number of nitro groups is 1. The summed E-state index contributed by atoms with van der Waals surface area (Å²) in [5.74, 6) is -0.292. The SMILES string of the molecule is CC(C=O)c1cccc([N+](=O)[O-])c1. The highest BCUT2D eigenvalue weighted by Crippen LogP contribution is 2.18. The third-order valence-electron chi connectivity index (χ3n) is 1.81. The molecule has 0 aliphatic heterocycles. The van der Waals surface area contributed by atoms with Crippen molar-refractivity contribution >= 4 is 12.0 Å². The molecule has 4 heteroatoms. The molecule has 0 bridgehead atoms. The first-order valence-corrected chi connectivity index (χ1v) is 3.85. The van der Waals surface area contributed by atoms with Gasteiger partial charge in [-0.25, -0.2) is 0 Å². The van der Waals surface area contributed by atoms with Gasteiger partial charge in [0.2, 0.25) is 0 Å². The molecule has 0 heterocycles. The van der Waals surface area contributed by atoms with Gasteiger partial charge in [-0.15, -0.1) is 0 Å². The van der Waals surface area contributed by atoms with Crippen LogP contribution in [-0.4, -0.2) is 11.2 Å². The van der Waals surface area contributed by atoms with Gasteiger partial charge in [-0.1, -0.05) is 19.1 Å². The van der Waals surface area contributed by atoms with E-state index in [0.717, 1.165) is 6.29 Å². The number of hydrogen-bond donors (Lipinski definition) is 0. The van der Waals surface area contributed by atoms with Crippen molar-refractivity contribution in [1.29, 1.82) is 0 Å². The number of carbonyl (C=O) groups is 1. The number of nitro benzene ring substituents is 1. The molecule has 4 nitrogen and oxygen atoms in total. The number of carbonyl (C=O) groups excluding carboxylic acids is 1. The molecule has 0 amide bonds. The van der Waals surface area contributed by atoms with E-state index in [2.05, 4.69) is 0 Å². The number of benzene rings is 1. The Morgan fingerprint density at radius 2 is 2.23 bits per heavy atom. The minimum atomic E-state index is -0.471. The summed E-state index contributed by atoms with van der Waals surface area (Å²) in [5.41, 5.74) is 0.690. The van der Waals surface area contributed by atoms with Gasteiger partial charge in [-0.3, -0.25) is 10.1 Å². The maximum Gasteiger partial charge on any atom is 0.269 e. The van der Waals surface area contributed by atoms with Gasteiger partial charge in [0, 0.05) is 18.1 Å². The van der Waals surface area contributed by atoms with Crippen LogP contribution in [-0.2, 0) is 4.79 Å². The summed E-state index contributed by atoms with van der Waals surface area (Å²) in [6.45, 7) is 1.70. The molecular formula is C9H9NO3. The fourth-order valence-electron chi connectivity index (χ4n) is 1.00. The van der Waals surface area contributed by atoms with Crippen LogP contribution in [0.1, 0.15) is 18.4 Å². The molecule has 13 heavy (non-hydrogen) atoms. The van der Waals surface area contributed by atoms with Crippen molar-refractivity contribution in [2.45, 2.75) is 12.8 Å². The highest BCUT2D eigenvalue weighted by Gasteiger charge is 2.09. The Bertz CT molecular complexity index is 335. The Morgan fingerprint density at radius 1 is 1.54 bits per heavy atom. The Kier molecular flexibility index (Phi) is 2.74. The summed E-state index contributed by atoms with van der Waals surface area (Å²) in [4.78, 5) is 20.3. The van der Waals surface area contributed by atoms with Crippen LogP contribution in [0.25, 0.3) is 0 Å². The third-order valence-corrected chi connectivity index (χ3v) is 1.81. The fourth-order valence-corrected chi connectivity index (χ4v) is 1.00. The van der Waals surface area contributed by atoms with Crippen molar-refractivity contribution < 1.29 is 9.72 Å². The van der Waals surface area contributed by atoms with Crippen molar-refractivity contribution in [3.05, 3.63) is 39.9 Å². The zero-order chi connectivity index (χ0) is 9.84. The summed E-state index contributed by atoms with van der Waals surface area (Å²) in [6.07, 6.45) is 0.763. The predicted molar refractivity (Wildman–Crippen MR) is 47.6 cm³/mol. The zero-order valence-electron chi connectivity index (χ0n) is 7.14. The monoisotopic (exact) mass is 179 g/mol. The predicted octanol–water partition coefficient (Wildman–Crippen LogP) is 1.90. The van der Waals surface area contributed by atoms with Crippen LogP contribution in [0, 0.1) is 10.1 Å². The van der Waals surface area contributed by atoms with Gasteiger partial charge >= 0.3 is 0 Å². The number of aldehydes is 1. The van der Waals surface area contributed by atoms with Crippen molar-refractivity contribution in [2.24, 2.45) is 0 Å². The lowest BCUT2D eigenvalue weighted by Gasteiger charge is -2.02. The van der Waals surface area contributed by atoms with Crippen LogP contribution in [0.3, 0.4) is 0 Å². The van der Waals surface area contributed by atoms with E-state index in [0.29, 0.717) is 5.56 Å². The topological polar surface area (TPSA) is 60.2 Å². The van der Waals surface area contributed by atoms with Crippen LogP contribution in [0.15, 0.2) is 24.3 Å². The molecule has 0 radical (unpaired) electrons. The number of nitrogens with zero attached hydrogens (tertiary/aromatic N) is 1. The molecule has 1 aromatic carbocycles. The highest BCUT2D eigenvalue weighted by molar-refractivity contribution is 5.62. The Morgan fingerprint density at radius 3 is 2.77 bits per heavy atom. The summed E-state index contributed by atoms with van der Waals surface area (Å²) in [7, 11) is 0. The van der Waals surface area contributed by atoms with E-state index in [-0.39, 0.29) is 11.6 Å². The molecule has 0 aromatic heterocycles. The van der Waals surface area contributed by atoms with E-state index < -0.39 is 4.92 Å². The van der Waals surface area contributed by atoms with Gasteiger partial charge in [0.15, 0.2) is 0 Å². The molecule has 0 saturated carbocycles. The Hall–Kier alpha value is -1.71.